The lowest BCUT2D eigenvalue weighted by atomic mass is 10.1. The van der Waals surface area contributed by atoms with Crippen LogP contribution < -0.4 is 5.32 Å². The van der Waals surface area contributed by atoms with E-state index in [4.69, 9.17) is 0 Å². The number of hydrogen-bond acceptors (Lipinski definition) is 2. The molecule has 1 atom stereocenters. The van der Waals surface area contributed by atoms with Gasteiger partial charge in [0, 0.05) is 18.3 Å². The van der Waals surface area contributed by atoms with Crippen LogP contribution in [0.4, 0.5) is 0 Å². The van der Waals surface area contributed by atoms with E-state index in [0.29, 0.717) is 6.04 Å². The van der Waals surface area contributed by atoms with Gasteiger partial charge in [0.25, 0.3) is 0 Å². The molecule has 17 heavy (non-hydrogen) atoms. The maximum absolute atomic E-state index is 4.48. The second-order valence-corrected chi connectivity index (χ2v) is 4.28. The number of aromatic nitrogens is 1. The minimum Gasteiger partial charge on any atom is -0.305 e. The van der Waals surface area contributed by atoms with E-state index in [1.54, 1.807) is 0 Å². The summed E-state index contributed by atoms with van der Waals surface area (Å²) in [5.41, 5.74) is 3.46. The third kappa shape index (κ3) is 3.40. The van der Waals surface area contributed by atoms with Crippen LogP contribution in [0, 0.1) is 6.92 Å². The minimum absolute atomic E-state index is 0.346. The zero-order chi connectivity index (χ0) is 12.1. The van der Waals surface area contributed by atoms with Crippen LogP contribution in [0.3, 0.4) is 0 Å². The molecule has 0 aliphatic carbocycles. The highest BCUT2D eigenvalue weighted by molar-refractivity contribution is 5.18. The summed E-state index contributed by atoms with van der Waals surface area (Å²) in [5, 5.41) is 3.48. The first kappa shape index (κ1) is 11.8. The molecule has 88 valence electrons. The first-order valence-corrected chi connectivity index (χ1v) is 5.96. The zero-order valence-electron chi connectivity index (χ0n) is 10.4. The highest BCUT2D eigenvalue weighted by atomic mass is 14.9. The fourth-order valence-corrected chi connectivity index (χ4v) is 1.82. The van der Waals surface area contributed by atoms with E-state index in [1.807, 2.05) is 25.1 Å². The largest absolute Gasteiger partial charge is 0.305 e. The normalized spacial score (nSPS) is 12.4. The molecule has 0 saturated heterocycles. The molecule has 0 spiro atoms. The van der Waals surface area contributed by atoms with Crippen molar-refractivity contribution in [3.05, 3.63) is 65.5 Å². The van der Waals surface area contributed by atoms with Crippen LogP contribution in [0.15, 0.2) is 48.5 Å². The molecule has 1 unspecified atom stereocenters. The molecule has 0 radical (unpaired) electrons. The van der Waals surface area contributed by atoms with Crippen molar-refractivity contribution in [1.82, 2.24) is 10.3 Å². The molecule has 2 aromatic rings. The first-order chi connectivity index (χ1) is 8.25. The Morgan fingerprint density at radius 1 is 1.06 bits per heavy atom. The van der Waals surface area contributed by atoms with Gasteiger partial charge < -0.3 is 5.32 Å². The molecule has 0 amide bonds. The van der Waals surface area contributed by atoms with Crippen LogP contribution in [0.1, 0.15) is 29.9 Å². The molecule has 0 saturated carbocycles. The lowest BCUT2D eigenvalue weighted by Crippen LogP contribution is -2.18. The number of benzene rings is 1. The molecule has 0 bridgehead atoms. The van der Waals surface area contributed by atoms with Gasteiger partial charge in [-0.2, -0.15) is 0 Å². The number of rotatable bonds is 4. The number of hydrogen-bond donors (Lipinski definition) is 1. The highest BCUT2D eigenvalue weighted by Gasteiger charge is 2.04. The maximum Gasteiger partial charge on any atom is 0.0545 e. The summed E-state index contributed by atoms with van der Waals surface area (Å²) in [5.74, 6) is 0. The molecule has 1 aromatic heterocycles. The van der Waals surface area contributed by atoms with E-state index in [1.165, 1.54) is 5.56 Å². The second-order valence-electron chi connectivity index (χ2n) is 4.28. The Morgan fingerprint density at radius 2 is 1.82 bits per heavy atom. The fourth-order valence-electron chi connectivity index (χ4n) is 1.82. The van der Waals surface area contributed by atoms with Crippen molar-refractivity contribution in [2.24, 2.45) is 0 Å². The van der Waals surface area contributed by atoms with E-state index in [-0.39, 0.29) is 0 Å². The van der Waals surface area contributed by atoms with Crippen LogP contribution in [0.5, 0.6) is 0 Å². The molecule has 1 heterocycles. The van der Waals surface area contributed by atoms with Crippen LogP contribution >= 0.6 is 0 Å². The van der Waals surface area contributed by atoms with Gasteiger partial charge in [0.2, 0.25) is 0 Å². The Morgan fingerprint density at radius 3 is 2.53 bits per heavy atom. The second kappa shape index (κ2) is 5.60. The van der Waals surface area contributed by atoms with Gasteiger partial charge in [-0.05, 0) is 31.5 Å². The summed E-state index contributed by atoms with van der Waals surface area (Å²) in [6.45, 7) is 4.99. The van der Waals surface area contributed by atoms with E-state index < -0.39 is 0 Å². The van der Waals surface area contributed by atoms with Crippen LogP contribution in [0.25, 0.3) is 0 Å². The van der Waals surface area contributed by atoms with Gasteiger partial charge in [-0.3, -0.25) is 4.98 Å². The number of nitrogens with zero attached hydrogens (tertiary/aromatic N) is 1. The van der Waals surface area contributed by atoms with Crippen LogP contribution in [-0.2, 0) is 6.54 Å². The summed E-state index contributed by atoms with van der Waals surface area (Å²) in [6, 6.07) is 16.9. The van der Waals surface area contributed by atoms with Gasteiger partial charge in [0.15, 0.2) is 0 Å². The smallest absolute Gasteiger partial charge is 0.0545 e. The average molecular weight is 226 g/mol. The third-order valence-electron chi connectivity index (χ3n) is 2.83. The number of nitrogens with one attached hydrogen (secondary N) is 1. The molecular formula is C15H18N2. The standard InChI is InChI=1S/C15H18N2/c1-12-7-6-10-15(17-12)11-16-13(2)14-8-4-3-5-9-14/h3-10,13,16H,11H2,1-2H3. The summed E-state index contributed by atoms with van der Waals surface area (Å²) in [7, 11) is 0. The van der Waals surface area contributed by atoms with Crippen molar-refractivity contribution >= 4 is 0 Å². The lowest BCUT2D eigenvalue weighted by Gasteiger charge is -2.13. The van der Waals surface area contributed by atoms with E-state index >= 15 is 0 Å². The summed E-state index contributed by atoms with van der Waals surface area (Å²) >= 11 is 0. The van der Waals surface area contributed by atoms with Gasteiger partial charge in [-0.25, -0.2) is 0 Å². The average Bonchev–Trinajstić information content (AvgIpc) is 2.37. The molecule has 2 rings (SSSR count). The first-order valence-electron chi connectivity index (χ1n) is 5.96. The van der Waals surface area contributed by atoms with Crippen LogP contribution in [-0.4, -0.2) is 4.98 Å². The summed E-state index contributed by atoms with van der Waals surface area (Å²) < 4.78 is 0. The topological polar surface area (TPSA) is 24.9 Å². The Balaban J connectivity index is 1.95. The Hall–Kier alpha value is -1.67. The van der Waals surface area contributed by atoms with E-state index in [0.717, 1.165) is 17.9 Å². The zero-order valence-corrected chi connectivity index (χ0v) is 10.4. The van der Waals surface area contributed by atoms with Gasteiger partial charge >= 0.3 is 0 Å². The SMILES string of the molecule is Cc1cccc(CNC(C)c2ccccc2)n1. The van der Waals surface area contributed by atoms with E-state index in [9.17, 15) is 0 Å². The summed E-state index contributed by atoms with van der Waals surface area (Å²) in [6.07, 6.45) is 0. The van der Waals surface area contributed by atoms with Crippen molar-refractivity contribution in [1.29, 1.82) is 0 Å². The monoisotopic (exact) mass is 226 g/mol. The molecule has 1 aromatic carbocycles. The van der Waals surface area contributed by atoms with Gasteiger partial charge in [0.1, 0.15) is 0 Å². The van der Waals surface area contributed by atoms with Crippen molar-refractivity contribution in [2.75, 3.05) is 0 Å². The molecule has 0 aliphatic rings. The van der Waals surface area contributed by atoms with Gasteiger partial charge in [0.05, 0.1) is 5.69 Å². The summed E-state index contributed by atoms with van der Waals surface area (Å²) in [4.78, 5) is 4.48. The molecular weight excluding hydrogens is 208 g/mol. The Kier molecular flexibility index (Phi) is 3.89. The van der Waals surface area contributed by atoms with Gasteiger partial charge in [-0.15, -0.1) is 0 Å². The van der Waals surface area contributed by atoms with E-state index in [2.05, 4.69) is 47.6 Å². The Bertz CT molecular complexity index is 465. The predicted molar refractivity (Wildman–Crippen MR) is 70.7 cm³/mol. The molecule has 2 nitrogen and oxygen atoms in total. The van der Waals surface area contributed by atoms with Gasteiger partial charge in [-0.1, -0.05) is 36.4 Å². The minimum atomic E-state index is 0.346. The number of pyridine rings is 1. The van der Waals surface area contributed by atoms with Crippen molar-refractivity contribution in [2.45, 2.75) is 26.4 Å². The van der Waals surface area contributed by atoms with Crippen LogP contribution in [0.2, 0.25) is 0 Å². The van der Waals surface area contributed by atoms with Crippen molar-refractivity contribution in [3.8, 4) is 0 Å². The molecule has 1 N–H and O–H groups in total. The quantitative estimate of drug-likeness (QED) is 0.865. The van der Waals surface area contributed by atoms with Crippen molar-refractivity contribution < 1.29 is 0 Å². The third-order valence-corrected chi connectivity index (χ3v) is 2.83. The lowest BCUT2D eigenvalue weighted by molar-refractivity contribution is 0.567. The molecule has 2 heteroatoms. The fraction of sp³-hybridized carbons (Fsp3) is 0.267. The molecule has 0 aliphatic heterocycles. The Labute approximate surface area is 103 Å². The maximum atomic E-state index is 4.48. The molecule has 0 fully saturated rings. The number of aryl methyl sites for hydroxylation is 1. The predicted octanol–water partition coefficient (Wildman–Crippen LogP) is 3.24. The van der Waals surface area contributed by atoms with Crippen molar-refractivity contribution in [3.63, 3.8) is 0 Å². The highest BCUT2D eigenvalue weighted by Crippen LogP contribution is 2.11.